The van der Waals surface area contributed by atoms with E-state index in [1.165, 1.54) is 11.5 Å². The highest BCUT2D eigenvalue weighted by Gasteiger charge is 2.39. The first-order chi connectivity index (χ1) is 11.2. The number of carbonyl (C=O) groups excluding carboxylic acids is 1. The molecule has 4 nitrogen and oxygen atoms in total. The molecular weight excluding hydrogens is 332 g/mol. The van der Waals surface area contributed by atoms with Gasteiger partial charge in [-0.25, -0.2) is 0 Å². The summed E-state index contributed by atoms with van der Waals surface area (Å²) in [6, 6.07) is 7.04. The van der Waals surface area contributed by atoms with Crippen molar-refractivity contribution in [3.05, 3.63) is 34.9 Å². The maximum Gasteiger partial charge on any atom is 0.251 e. The molecule has 23 heavy (non-hydrogen) atoms. The first kappa shape index (κ1) is 17.1. The van der Waals surface area contributed by atoms with E-state index >= 15 is 0 Å². The Morgan fingerprint density at radius 1 is 1.22 bits per heavy atom. The summed E-state index contributed by atoms with van der Waals surface area (Å²) < 4.78 is 5.56. The molecule has 2 fully saturated rings. The van der Waals surface area contributed by atoms with E-state index < -0.39 is 0 Å². The third kappa shape index (κ3) is 4.21. The minimum absolute atomic E-state index is 0.0288. The van der Waals surface area contributed by atoms with Crippen LogP contribution in [-0.4, -0.2) is 60.7 Å². The van der Waals surface area contributed by atoms with Crippen LogP contribution in [0.2, 0.25) is 5.02 Å². The average molecular weight is 355 g/mol. The second-order valence-electron chi connectivity index (χ2n) is 6.13. The third-order valence-corrected chi connectivity index (χ3v) is 5.98. The lowest BCUT2D eigenvalue weighted by Gasteiger charge is -2.48. The molecule has 1 amide bonds. The summed E-state index contributed by atoms with van der Waals surface area (Å²) in [5.74, 6) is 2.32. The molecule has 2 aliphatic heterocycles. The number of halogens is 1. The highest BCUT2D eigenvalue weighted by molar-refractivity contribution is 7.99. The molecule has 2 heterocycles. The lowest BCUT2D eigenvalue weighted by molar-refractivity contribution is -0.0237. The fraction of sp³-hybridized carbons (Fsp3) is 0.588. The van der Waals surface area contributed by atoms with Crippen LogP contribution in [0.3, 0.4) is 0 Å². The van der Waals surface area contributed by atoms with Gasteiger partial charge in [-0.15, -0.1) is 0 Å². The van der Waals surface area contributed by atoms with Crippen molar-refractivity contribution in [2.24, 2.45) is 0 Å². The summed E-state index contributed by atoms with van der Waals surface area (Å²) in [5, 5.41) is 3.79. The van der Waals surface area contributed by atoms with Gasteiger partial charge < -0.3 is 10.1 Å². The second kappa shape index (κ2) is 7.88. The zero-order valence-corrected chi connectivity index (χ0v) is 14.8. The highest BCUT2D eigenvalue weighted by Crippen LogP contribution is 2.30. The highest BCUT2D eigenvalue weighted by atomic mass is 35.5. The molecule has 0 aromatic heterocycles. The molecule has 6 heteroatoms. The van der Waals surface area contributed by atoms with E-state index in [-0.39, 0.29) is 11.4 Å². The summed E-state index contributed by atoms with van der Waals surface area (Å²) in [6.07, 6.45) is 1.97. The first-order valence-corrected chi connectivity index (χ1v) is 9.67. The van der Waals surface area contributed by atoms with Gasteiger partial charge in [0.05, 0.1) is 0 Å². The van der Waals surface area contributed by atoms with Gasteiger partial charge in [-0.05, 0) is 37.1 Å². The van der Waals surface area contributed by atoms with Gasteiger partial charge in [0.15, 0.2) is 0 Å². The molecule has 1 aromatic rings. The Hall–Kier alpha value is -0.750. The standard InChI is InChI=1S/C17H23ClN2O2S/c18-15-3-1-14(2-4-15)16(21)19-13-17(5-9-22-10-6-17)20-7-11-23-12-8-20/h1-4H,5-13H2,(H,19,21). The third-order valence-electron chi connectivity index (χ3n) is 4.79. The Kier molecular flexibility index (Phi) is 5.85. The fourth-order valence-corrected chi connectivity index (χ4v) is 4.37. The van der Waals surface area contributed by atoms with E-state index in [9.17, 15) is 4.79 Å². The maximum atomic E-state index is 12.4. The number of ether oxygens (including phenoxy) is 1. The number of rotatable bonds is 4. The van der Waals surface area contributed by atoms with Crippen molar-refractivity contribution < 1.29 is 9.53 Å². The lowest BCUT2D eigenvalue weighted by Crippen LogP contribution is -2.60. The van der Waals surface area contributed by atoms with Gasteiger partial charge in [0.25, 0.3) is 5.91 Å². The van der Waals surface area contributed by atoms with Crippen LogP contribution in [0.15, 0.2) is 24.3 Å². The Labute approximate surface area is 146 Å². The molecule has 0 atom stereocenters. The van der Waals surface area contributed by atoms with E-state index in [1.54, 1.807) is 24.3 Å². The molecule has 2 aliphatic rings. The molecule has 1 N–H and O–H groups in total. The van der Waals surface area contributed by atoms with E-state index in [2.05, 4.69) is 10.2 Å². The van der Waals surface area contributed by atoms with Crippen molar-refractivity contribution >= 4 is 29.3 Å². The number of benzene rings is 1. The minimum Gasteiger partial charge on any atom is -0.381 e. The molecule has 0 spiro atoms. The lowest BCUT2D eigenvalue weighted by atomic mass is 9.87. The summed E-state index contributed by atoms with van der Waals surface area (Å²) >= 11 is 7.90. The molecule has 0 radical (unpaired) electrons. The van der Waals surface area contributed by atoms with Crippen LogP contribution in [0, 0.1) is 0 Å². The van der Waals surface area contributed by atoms with Crippen LogP contribution < -0.4 is 5.32 Å². The molecule has 0 bridgehead atoms. The predicted molar refractivity (Wildman–Crippen MR) is 95.5 cm³/mol. The zero-order valence-electron chi connectivity index (χ0n) is 13.2. The number of nitrogens with zero attached hydrogens (tertiary/aromatic N) is 1. The molecule has 3 rings (SSSR count). The molecule has 2 saturated heterocycles. The van der Waals surface area contributed by atoms with Gasteiger partial charge in [0.1, 0.15) is 0 Å². The van der Waals surface area contributed by atoms with Crippen molar-refractivity contribution in [1.29, 1.82) is 0 Å². The Morgan fingerprint density at radius 2 is 1.87 bits per heavy atom. The van der Waals surface area contributed by atoms with E-state index in [4.69, 9.17) is 16.3 Å². The van der Waals surface area contributed by atoms with Crippen LogP contribution in [0.1, 0.15) is 23.2 Å². The Bertz CT molecular complexity index is 526. The summed E-state index contributed by atoms with van der Waals surface area (Å²) in [6.45, 7) is 4.44. The van der Waals surface area contributed by atoms with Gasteiger partial charge in [-0.2, -0.15) is 11.8 Å². The maximum absolute atomic E-state index is 12.4. The number of hydrogen-bond acceptors (Lipinski definition) is 4. The Balaban J connectivity index is 1.66. The van der Waals surface area contributed by atoms with E-state index in [0.717, 1.165) is 39.1 Å². The van der Waals surface area contributed by atoms with Crippen molar-refractivity contribution in [3.8, 4) is 0 Å². The number of amides is 1. The van der Waals surface area contributed by atoms with Crippen LogP contribution in [0.4, 0.5) is 0 Å². The summed E-state index contributed by atoms with van der Waals surface area (Å²) in [4.78, 5) is 15.0. The average Bonchev–Trinajstić information content (AvgIpc) is 2.62. The number of carbonyl (C=O) groups is 1. The fourth-order valence-electron chi connectivity index (χ4n) is 3.34. The minimum atomic E-state index is -0.0288. The molecular formula is C17H23ClN2O2S. The molecule has 0 aliphatic carbocycles. The van der Waals surface area contributed by atoms with Gasteiger partial charge in [-0.3, -0.25) is 9.69 Å². The predicted octanol–water partition coefficient (Wildman–Crippen LogP) is 2.67. The smallest absolute Gasteiger partial charge is 0.251 e. The summed E-state index contributed by atoms with van der Waals surface area (Å²) in [7, 11) is 0. The van der Waals surface area contributed by atoms with Crippen LogP contribution in [0.5, 0.6) is 0 Å². The van der Waals surface area contributed by atoms with Crippen molar-refractivity contribution in [2.45, 2.75) is 18.4 Å². The topological polar surface area (TPSA) is 41.6 Å². The van der Waals surface area contributed by atoms with Crippen molar-refractivity contribution in [2.75, 3.05) is 44.4 Å². The number of thioether (sulfide) groups is 1. The molecule has 0 saturated carbocycles. The van der Waals surface area contributed by atoms with E-state index in [1.807, 2.05) is 11.8 Å². The second-order valence-corrected chi connectivity index (χ2v) is 7.79. The largest absolute Gasteiger partial charge is 0.381 e. The van der Waals surface area contributed by atoms with Gasteiger partial charge >= 0.3 is 0 Å². The Morgan fingerprint density at radius 3 is 2.52 bits per heavy atom. The quantitative estimate of drug-likeness (QED) is 0.902. The molecule has 1 aromatic carbocycles. The molecule has 126 valence electrons. The normalized spacial score (nSPS) is 21.8. The number of nitrogens with one attached hydrogen (secondary N) is 1. The molecule has 0 unspecified atom stereocenters. The summed E-state index contributed by atoms with van der Waals surface area (Å²) in [5.41, 5.74) is 0.701. The van der Waals surface area contributed by atoms with Crippen LogP contribution in [-0.2, 0) is 4.74 Å². The zero-order chi connectivity index (χ0) is 16.1. The first-order valence-electron chi connectivity index (χ1n) is 8.14. The SMILES string of the molecule is O=C(NCC1(N2CCSCC2)CCOCC1)c1ccc(Cl)cc1. The van der Waals surface area contributed by atoms with Gasteiger partial charge in [-0.1, -0.05) is 11.6 Å². The monoisotopic (exact) mass is 354 g/mol. The van der Waals surface area contributed by atoms with Crippen molar-refractivity contribution in [3.63, 3.8) is 0 Å². The van der Waals surface area contributed by atoms with Crippen LogP contribution >= 0.6 is 23.4 Å². The number of hydrogen-bond donors (Lipinski definition) is 1. The van der Waals surface area contributed by atoms with E-state index in [0.29, 0.717) is 17.1 Å². The van der Waals surface area contributed by atoms with Gasteiger partial charge in [0.2, 0.25) is 0 Å². The van der Waals surface area contributed by atoms with Gasteiger partial charge in [0, 0.05) is 60.5 Å². The van der Waals surface area contributed by atoms with Crippen LogP contribution in [0.25, 0.3) is 0 Å². The van der Waals surface area contributed by atoms with Crippen molar-refractivity contribution in [1.82, 2.24) is 10.2 Å².